The molecule has 7 nitrogen and oxygen atoms in total. The Hall–Kier alpha value is -1.99. The van der Waals surface area contributed by atoms with E-state index >= 15 is 0 Å². The van der Waals surface area contributed by atoms with E-state index in [4.69, 9.17) is 15.2 Å². The average molecular weight is 374 g/mol. The summed E-state index contributed by atoms with van der Waals surface area (Å²) in [5.74, 6) is 1.23. The fourth-order valence-electron chi connectivity index (χ4n) is 1.86. The van der Waals surface area contributed by atoms with E-state index in [1.165, 1.54) is 0 Å². The standard InChI is InChI=1S/C17H27N3O4.ClH/c1-12(2)6-7-24-14-5-4-13(8-15(14)23-3)10-19-17(22)11-20-16(21)9-18;/h4-5,8,12H,6-7,9-11,18H2,1-3H3,(H,19,22)(H,20,21);1H. The minimum absolute atomic E-state index is 0. The lowest BCUT2D eigenvalue weighted by Crippen LogP contribution is -2.39. The van der Waals surface area contributed by atoms with Gasteiger partial charge >= 0.3 is 0 Å². The number of nitrogens with one attached hydrogen (secondary N) is 2. The smallest absolute Gasteiger partial charge is 0.239 e. The number of ether oxygens (including phenoxy) is 2. The number of carbonyl (C=O) groups is 2. The molecule has 0 bridgehead atoms. The van der Waals surface area contributed by atoms with Gasteiger partial charge in [0.2, 0.25) is 11.8 Å². The van der Waals surface area contributed by atoms with Crippen LogP contribution in [0, 0.1) is 5.92 Å². The highest BCUT2D eigenvalue weighted by atomic mass is 35.5. The molecule has 0 fully saturated rings. The second kappa shape index (κ2) is 12.4. The summed E-state index contributed by atoms with van der Waals surface area (Å²) < 4.78 is 11.1. The number of halogens is 1. The van der Waals surface area contributed by atoms with Crippen molar-refractivity contribution in [1.29, 1.82) is 0 Å². The molecular formula is C17H28ClN3O4. The number of carbonyl (C=O) groups excluding carboxylic acids is 2. The monoisotopic (exact) mass is 373 g/mol. The summed E-state index contributed by atoms with van der Waals surface area (Å²) in [7, 11) is 1.58. The van der Waals surface area contributed by atoms with Crippen molar-refractivity contribution < 1.29 is 19.1 Å². The van der Waals surface area contributed by atoms with Crippen molar-refractivity contribution in [3.05, 3.63) is 23.8 Å². The highest BCUT2D eigenvalue weighted by Crippen LogP contribution is 2.28. The lowest BCUT2D eigenvalue weighted by atomic mass is 10.1. The summed E-state index contributed by atoms with van der Waals surface area (Å²) >= 11 is 0. The molecule has 0 heterocycles. The highest BCUT2D eigenvalue weighted by Gasteiger charge is 2.08. The Labute approximate surface area is 155 Å². The van der Waals surface area contributed by atoms with Crippen LogP contribution in [0.3, 0.4) is 0 Å². The molecule has 0 atom stereocenters. The van der Waals surface area contributed by atoms with E-state index in [-0.39, 0.29) is 37.3 Å². The van der Waals surface area contributed by atoms with Gasteiger partial charge in [0.1, 0.15) is 0 Å². The molecule has 0 aliphatic heterocycles. The van der Waals surface area contributed by atoms with Crippen molar-refractivity contribution in [2.75, 3.05) is 26.8 Å². The molecule has 4 N–H and O–H groups in total. The minimum atomic E-state index is -0.366. The van der Waals surface area contributed by atoms with Gasteiger partial charge in [-0.2, -0.15) is 0 Å². The second-order valence-electron chi connectivity index (χ2n) is 5.77. The molecule has 1 aromatic carbocycles. The highest BCUT2D eigenvalue weighted by molar-refractivity contribution is 5.85. The van der Waals surface area contributed by atoms with Crippen molar-refractivity contribution in [2.45, 2.75) is 26.8 Å². The molecule has 2 amide bonds. The molecule has 8 heteroatoms. The number of hydrogen-bond donors (Lipinski definition) is 3. The Balaban J connectivity index is 0.00000576. The van der Waals surface area contributed by atoms with Crippen LogP contribution in [0.15, 0.2) is 18.2 Å². The molecule has 0 radical (unpaired) electrons. The number of benzene rings is 1. The molecule has 0 unspecified atom stereocenters. The molecule has 0 aliphatic carbocycles. The van der Waals surface area contributed by atoms with E-state index in [1.807, 2.05) is 18.2 Å². The van der Waals surface area contributed by atoms with Crippen LogP contribution in [0.1, 0.15) is 25.8 Å². The number of nitrogens with two attached hydrogens (primary N) is 1. The van der Waals surface area contributed by atoms with Crippen LogP contribution in [-0.4, -0.2) is 38.6 Å². The maximum atomic E-state index is 11.6. The molecule has 0 spiro atoms. The third-order valence-corrected chi connectivity index (χ3v) is 3.30. The van der Waals surface area contributed by atoms with Gasteiger partial charge < -0.3 is 25.8 Å². The van der Waals surface area contributed by atoms with Crippen LogP contribution in [0.5, 0.6) is 11.5 Å². The number of amides is 2. The molecule has 1 rings (SSSR count). The number of rotatable bonds is 10. The summed E-state index contributed by atoms with van der Waals surface area (Å²) in [5, 5.41) is 5.13. The van der Waals surface area contributed by atoms with Crippen molar-refractivity contribution in [3.8, 4) is 11.5 Å². The molecule has 0 saturated carbocycles. The Bertz CT molecular complexity index is 553. The fraction of sp³-hybridized carbons (Fsp3) is 0.529. The molecule has 1 aromatic rings. The van der Waals surface area contributed by atoms with Gasteiger partial charge in [-0.25, -0.2) is 0 Å². The van der Waals surface area contributed by atoms with E-state index < -0.39 is 0 Å². The first-order valence-corrected chi connectivity index (χ1v) is 7.99. The lowest BCUT2D eigenvalue weighted by Gasteiger charge is -2.13. The summed E-state index contributed by atoms with van der Waals surface area (Å²) in [4.78, 5) is 22.6. The minimum Gasteiger partial charge on any atom is -0.493 e. The van der Waals surface area contributed by atoms with Gasteiger partial charge in [-0.1, -0.05) is 19.9 Å². The van der Waals surface area contributed by atoms with Crippen LogP contribution in [0.2, 0.25) is 0 Å². The molecular weight excluding hydrogens is 346 g/mol. The normalized spacial score (nSPS) is 9.96. The maximum absolute atomic E-state index is 11.6. The Morgan fingerprint density at radius 2 is 1.88 bits per heavy atom. The van der Waals surface area contributed by atoms with Crippen molar-refractivity contribution in [1.82, 2.24) is 10.6 Å². The Morgan fingerprint density at radius 3 is 2.48 bits per heavy atom. The number of methoxy groups -OCH3 is 1. The zero-order chi connectivity index (χ0) is 17.9. The summed E-state index contributed by atoms with van der Waals surface area (Å²) in [6.45, 7) is 5.02. The Kier molecular flexibility index (Phi) is 11.4. The predicted molar refractivity (Wildman–Crippen MR) is 99.1 cm³/mol. The van der Waals surface area contributed by atoms with Crippen molar-refractivity contribution in [3.63, 3.8) is 0 Å². The topological polar surface area (TPSA) is 103 Å². The lowest BCUT2D eigenvalue weighted by molar-refractivity contribution is -0.125. The van der Waals surface area contributed by atoms with Crippen LogP contribution >= 0.6 is 12.4 Å². The van der Waals surface area contributed by atoms with Crippen LogP contribution in [0.4, 0.5) is 0 Å². The van der Waals surface area contributed by atoms with Crippen LogP contribution in [0.25, 0.3) is 0 Å². The second-order valence-corrected chi connectivity index (χ2v) is 5.77. The summed E-state index contributed by atoms with van der Waals surface area (Å²) in [6, 6.07) is 5.52. The number of hydrogen-bond acceptors (Lipinski definition) is 5. The third-order valence-electron chi connectivity index (χ3n) is 3.30. The third kappa shape index (κ3) is 9.16. The zero-order valence-electron chi connectivity index (χ0n) is 15.0. The first-order valence-electron chi connectivity index (χ1n) is 7.99. The van der Waals surface area contributed by atoms with Gasteiger partial charge in [0.25, 0.3) is 0 Å². The summed E-state index contributed by atoms with van der Waals surface area (Å²) in [6.07, 6.45) is 0.968. The molecule has 0 aromatic heterocycles. The first-order chi connectivity index (χ1) is 11.5. The first kappa shape index (κ1) is 23.0. The van der Waals surface area contributed by atoms with Crippen LogP contribution < -0.4 is 25.8 Å². The molecule has 25 heavy (non-hydrogen) atoms. The van der Waals surface area contributed by atoms with E-state index in [0.717, 1.165) is 12.0 Å². The zero-order valence-corrected chi connectivity index (χ0v) is 15.8. The van der Waals surface area contributed by atoms with E-state index in [9.17, 15) is 9.59 Å². The molecule has 142 valence electrons. The predicted octanol–water partition coefficient (Wildman–Crippen LogP) is 1.23. The largest absolute Gasteiger partial charge is 0.493 e. The van der Waals surface area contributed by atoms with E-state index in [2.05, 4.69) is 24.5 Å². The fourth-order valence-corrected chi connectivity index (χ4v) is 1.86. The average Bonchev–Trinajstić information content (AvgIpc) is 2.58. The van der Waals surface area contributed by atoms with E-state index in [0.29, 0.717) is 30.6 Å². The van der Waals surface area contributed by atoms with Crippen molar-refractivity contribution >= 4 is 24.2 Å². The molecule has 0 saturated heterocycles. The maximum Gasteiger partial charge on any atom is 0.239 e. The quantitative estimate of drug-likeness (QED) is 0.572. The van der Waals surface area contributed by atoms with Gasteiger partial charge in [-0.05, 0) is 30.0 Å². The Morgan fingerprint density at radius 1 is 1.16 bits per heavy atom. The summed E-state index contributed by atoms with van der Waals surface area (Å²) in [5.41, 5.74) is 6.03. The van der Waals surface area contributed by atoms with Gasteiger partial charge in [-0.3, -0.25) is 9.59 Å². The van der Waals surface area contributed by atoms with Gasteiger partial charge in [0.15, 0.2) is 11.5 Å². The van der Waals surface area contributed by atoms with Crippen molar-refractivity contribution in [2.24, 2.45) is 11.7 Å². The SMILES string of the molecule is COc1cc(CNC(=O)CNC(=O)CN)ccc1OCCC(C)C.Cl. The van der Waals surface area contributed by atoms with Crippen LogP contribution in [-0.2, 0) is 16.1 Å². The van der Waals surface area contributed by atoms with Gasteiger partial charge in [-0.15, -0.1) is 12.4 Å². The van der Waals surface area contributed by atoms with Gasteiger partial charge in [0, 0.05) is 6.54 Å². The molecule has 0 aliphatic rings. The van der Waals surface area contributed by atoms with Gasteiger partial charge in [0.05, 0.1) is 26.8 Å². The van der Waals surface area contributed by atoms with E-state index in [1.54, 1.807) is 7.11 Å².